The summed E-state index contributed by atoms with van der Waals surface area (Å²) in [5.41, 5.74) is 2.08. The fourth-order valence-electron chi connectivity index (χ4n) is 2.20. The molecule has 1 aliphatic rings. The van der Waals surface area contributed by atoms with Crippen molar-refractivity contribution in [2.45, 2.75) is 11.8 Å². The third-order valence-electron chi connectivity index (χ3n) is 3.31. The van der Waals surface area contributed by atoms with Gasteiger partial charge in [-0.2, -0.15) is 0 Å². The molecule has 0 spiro atoms. The Kier molecular flexibility index (Phi) is 3.14. The zero-order valence-corrected chi connectivity index (χ0v) is 12.1. The first-order valence-corrected chi connectivity index (χ1v) is 7.90. The summed E-state index contributed by atoms with van der Waals surface area (Å²) < 4.78 is 26.7. The third-order valence-corrected chi connectivity index (χ3v) is 4.75. The van der Waals surface area contributed by atoms with Crippen LogP contribution < -0.4 is 4.72 Å². The maximum Gasteiger partial charge on any atom is 0.262 e. The Morgan fingerprint density at radius 1 is 1.00 bits per heavy atom. The van der Waals surface area contributed by atoms with E-state index in [0.29, 0.717) is 11.1 Å². The maximum atomic E-state index is 12.4. The number of benzene rings is 2. The SMILES string of the molecule is Cc1ccc(C(=O)C2=Cc3ccccc3S(=O)(=O)N2)cc1. The van der Waals surface area contributed by atoms with E-state index in [2.05, 4.69) is 4.72 Å². The molecule has 2 aromatic rings. The van der Waals surface area contributed by atoms with Gasteiger partial charge in [0.25, 0.3) is 10.0 Å². The van der Waals surface area contributed by atoms with Crippen LogP contribution in [0, 0.1) is 6.92 Å². The quantitative estimate of drug-likeness (QED) is 0.867. The highest BCUT2D eigenvalue weighted by molar-refractivity contribution is 7.89. The van der Waals surface area contributed by atoms with Gasteiger partial charge in [-0.3, -0.25) is 9.52 Å². The second kappa shape index (κ2) is 4.86. The first-order chi connectivity index (χ1) is 9.97. The van der Waals surface area contributed by atoms with Crippen LogP contribution >= 0.6 is 0 Å². The van der Waals surface area contributed by atoms with Crippen LogP contribution in [-0.4, -0.2) is 14.2 Å². The molecule has 1 aliphatic heterocycles. The van der Waals surface area contributed by atoms with Crippen LogP contribution in [0.1, 0.15) is 21.5 Å². The lowest BCUT2D eigenvalue weighted by Crippen LogP contribution is -2.30. The number of ketones is 1. The van der Waals surface area contributed by atoms with Crippen molar-refractivity contribution in [2.24, 2.45) is 0 Å². The molecule has 0 saturated carbocycles. The number of rotatable bonds is 2. The Hall–Kier alpha value is -2.40. The van der Waals surface area contributed by atoms with Gasteiger partial charge in [-0.15, -0.1) is 0 Å². The van der Waals surface area contributed by atoms with Gasteiger partial charge in [0.1, 0.15) is 0 Å². The number of Topliss-reactive ketones (excluding diaryl/α,β-unsaturated/α-hetero) is 1. The topological polar surface area (TPSA) is 63.2 Å². The molecule has 0 radical (unpaired) electrons. The molecule has 0 saturated heterocycles. The van der Waals surface area contributed by atoms with Crippen molar-refractivity contribution in [1.29, 1.82) is 0 Å². The fraction of sp³-hybridized carbons (Fsp3) is 0.0625. The standard InChI is InChI=1S/C16H13NO3S/c1-11-6-8-12(9-7-11)16(18)14-10-13-4-2-3-5-15(13)21(19,20)17-14/h2-10,17H,1H3. The molecule has 1 N–H and O–H groups in total. The Morgan fingerprint density at radius 3 is 2.38 bits per heavy atom. The van der Waals surface area contributed by atoms with Crippen LogP contribution in [0.2, 0.25) is 0 Å². The minimum Gasteiger partial charge on any atom is -0.287 e. The minimum absolute atomic E-state index is 0.0672. The molecule has 106 valence electrons. The fourth-order valence-corrected chi connectivity index (χ4v) is 3.45. The van der Waals surface area contributed by atoms with Crippen molar-refractivity contribution in [3.8, 4) is 0 Å². The predicted molar refractivity (Wildman–Crippen MR) is 80.3 cm³/mol. The summed E-state index contributed by atoms with van der Waals surface area (Å²) in [6, 6.07) is 13.6. The average Bonchev–Trinajstić information content (AvgIpc) is 2.46. The van der Waals surface area contributed by atoms with Gasteiger partial charge in [0, 0.05) is 5.56 Å². The molecule has 1 heterocycles. The van der Waals surface area contributed by atoms with Gasteiger partial charge in [-0.1, -0.05) is 48.0 Å². The second-order valence-corrected chi connectivity index (χ2v) is 6.55. The molecule has 21 heavy (non-hydrogen) atoms. The van der Waals surface area contributed by atoms with E-state index >= 15 is 0 Å². The summed E-state index contributed by atoms with van der Waals surface area (Å²) in [7, 11) is -3.69. The normalized spacial score (nSPS) is 15.6. The summed E-state index contributed by atoms with van der Waals surface area (Å²) in [4.78, 5) is 12.6. The highest BCUT2D eigenvalue weighted by Crippen LogP contribution is 2.24. The number of carbonyl (C=O) groups is 1. The Morgan fingerprint density at radius 2 is 1.67 bits per heavy atom. The molecule has 0 bridgehead atoms. The zero-order valence-electron chi connectivity index (χ0n) is 11.3. The van der Waals surface area contributed by atoms with Crippen LogP contribution in [-0.2, 0) is 10.0 Å². The van der Waals surface area contributed by atoms with Crippen molar-refractivity contribution in [1.82, 2.24) is 4.72 Å². The van der Waals surface area contributed by atoms with E-state index in [4.69, 9.17) is 0 Å². The van der Waals surface area contributed by atoms with E-state index in [1.54, 1.807) is 36.4 Å². The van der Waals surface area contributed by atoms with Crippen molar-refractivity contribution in [2.75, 3.05) is 0 Å². The molecule has 0 unspecified atom stereocenters. The van der Waals surface area contributed by atoms with Crippen LogP contribution in [0.15, 0.2) is 59.1 Å². The third kappa shape index (κ3) is 2.48. The van der Waals surface area contributed by atoms with E-state index in [-0.39, 0.29) is 16.4 Å². The Bertz CT molecular complexity index is 849. The minimum atomic E-state index is -3.69. The summed E-state index contributed by atoms with van der Waals surface area (Å²) in [5, 5.41) is 0. The number of hydrogen-bond donors (Lipinski definition) is 1. The summed E-state index contributed by atoms with van der Waals surface area (Å²) in [5.74, 6) is -0.340. The molecule has 2 aromatic carbocycles. The van der Waals surface area contributed by atoms with E-state index in [9.17, 15) is 13.2 Å². The van der Waals surface area contributed by atoms with Crippen molar-refractivity contribution in [3.05, 3.63) is 70.9 Å². The maximum absolute atomic E-state index is 12.4. The van der Waals surface area contributed by atoms with Gasteiger partial charge < -0.3 is 0 Å². The number of hydrogen-bond acceptors (Lipinski definition) is 3. The largest absolute Gasteiger partial charge is 0.287 e. The van der Waals surface area contributed by atoms with Crippen molar-refractivity contribution < 1.29 is 13.2 Å². The van der Waals surface area contributed by atoms with E-state index in [0.717, 1.165) is 5.56 Å². The van der Waals surface area contributed by atoms with Crippen molar-refractivity contribution >= 4 is 21.9 Å². The van der Waals surface area contributed by atoms with Gasteiger partial charge >= 0.3 is 0 Å². The van der Waals surface area contributed by atoms with Gasteiger partial charge in [0.2, 0.25) is 5.78 Å². The number of aryl methyl sites for hydroxylation is 1. The molecule has 4 nitrogen and oxygen atoms in total. The molecule has 0 amide bonds. The van der Waals surface area contributed by atoms with Crippen molar-refractivity contribution in [3.63, 3.8) is 0 Å². The average molecular weight is 299 g/mol. The first-order valence-electron chi connectivity index (χ1n) is 6.42. The van der Waals surface area contributed by atoms with E-state index in [1.165, 1.54) is 6.07 Å². The van der Waals surface area contributed by atoms with Crippen LogP contribution in [0.3, 0.4) is 0 Å². The smallest absolute Gasteiger partial charge is 0.262 e. The molecule has 0 atom stereocenters. The number of allylic oxidation sites excluding steroid dienone is 1. The van der Waals surface area contributed by atoms with Gasteiger partial charge in [-0.05, 0) is 24.6 Å². The number of sulfonamides is 1. The van der Waals surface area contributed by atoms with Crippen LogP contribution in [0.4, 0.5) is 0 Å². The lowest BCUT2D eigenvalue weighted by atomic mass is 10.0. The predicted octanol–water partition coefficient (Wildman–Crippen LogP) is 2.51. The summed E-state index contributed by atoms with van der Waals surface area (Å²) in [6.07, 6.45) is 1.57. The molecular weight excluding hydrogens is 286 g/mol. The Labute approximate surface area is 123 Å². The van der Waals surface area contributed by atoms with E-state index < -0.39 is 10.0 Å². The Balaban J connectivity index is 2.07. The second-order valence-electron chi connectivity index (χ2n) is 4.90. The van der Waals surface area contributed by atoms with Gasteiger partial charge in [-0.25, -0.2) is 8.42 Å². The van der Waals surface area contributed by atoms with Gasteiger partial charge in [0.15, 0.2) is 0 Å². The number of carbonyl (C=O) groups excluding carboxylic acids is 1. The molecule has 0 aliphatic carbocycles. The summed E-state index contributed by atoms with van der Waals surface area (Å²) >= 11 is 0. The molecular formula is C16H13NO3S. The lowest BCUT2D eigenvalue weighted by molar-refractivity contribution is 0.103. The molecule has 3 rings (SSSR count). The number of nitrogens with one attached hydrogen (secondary N) is 1. The highest BCUT2D eigenvalue weighted by atomic mass is 32.2. The first kappa shape index (κ1) is 13.6. The zero-order chi connectivity index (χ0) is 15.0. The monoisotopic (exact) mass is 299 g/mol. The molecule has 0 aromatic heterocycles. The summed E-state index contributed by atoms with van der Waals surface area (Å²) in [6.45, 7) is 1.92. The van der Waals surface area contributed by atoms with Gasteiger partial charge in [0.05, 0.1) is 10.6 Å². The van der Waals surface area contributed by atoms with Crippen LogP contribution in [0.5, 0.6) is 0 Å². The van der Waals surface area contributed by atoms with Crippen LogP contribution in [0.25, 0.3) is 6.08 Å². The number of fused-ring (bicyclic) bond motifs is 1. The van der Waals surface area contributed by atoms with E-state index in [1.807, 2.05) is 19.1 Å². The molecule has 5 heteroatoms. The highest BCUT2D eigenvalue weighted by Gasteiger charge is 2.27. The molecule has 0 fully saturated rings. The lowest BCUT2D eigenvalue weighted by Gasteiger charge is -2.18.